The van der Waals surface area contributed by atoms with Gasteiger partial charge in [0.15, 0.2) is 0 Å². The Hall–Kier alpha value is -3.22. The fourth-order valence-corrected chi connectivity index (χ4v) is 3.09. The third-order valence-electron chi connectivity index (χ3n) is 4.63. The number of rotatable bonds is 5. The summed E-state index contributed by atoms with van der Waals surface area (Å²) in [5.74, 6) is 0.458. The first kappa shape index (κ1) is 19.5. The van der Waals surface area contributed by atoms with E-state index in [4.69, 9.17) is 9.47 Å². The molecule has 2 amide bonds. The number of nitrogens with one attached hydrogen (secondary N) is 1. The molecule has 0 aliphatic carbocycles. The van der Waals surface area contributed by atoms with Crippen molar-refractivity contribution >= 4 is 23.4 Å². The van der Waals surface area contributed by atoms with Crippen LogP contribution in [0.5, 0.6) is 5.75 Å². The van der Waals surface area contributed by atoms with Crippen molar-refractivity contribution in [2.24, 2.45) is 0 Å². The number of hydrogen-bond donors (Lipinski definition) is 1. The first-order valence-electron chi connectivity index (χ1n) is 9.33. The molecule has 1 aliphatic rings. The first-order valence-corrected chi connectivity index (χ1v) is 9.33. The van der Waals surface area contributed by atoms with Gasteiger partial charge in [-0.05, 0) is 49.4 Å². The molecule has 28 heavy (non-hydrogen) atoms. The minimum absolute atomic E-state index is 0.185. The molecule has 7 nitrogen and oxygen atoms in total. The molecule has 148 valence electrons. The normalized spacial score (nSPS) is 13.8. The lowest BCUT2D eigenvalue weighted by molar-refractivity contribution is 0.102. The Bertz CT molecular complexity index is 815. The summed E-state index contributed by atoms with van der Waals surface area (Å²) in [6.07, 6.45) is -0.252. The summed E-state index contributed by atoms with van der Waals surface area (Å²) in [7, 11) is 1.57. The van der Waals surface area contributed by atoms with Crippen LogP contribution in [0.2, 0.25) is 0 Å². The fourth-order valence-electron chi connectivity index (χ4n) is 3.09. The Morgan fingerprint density at radius 3 is 2.39 bits per heavy atom. The van der Waals surface area contributed by atoms with Crippen molar-refractivity contribution in [1.29, 1.82) is 0 Å². The van der Waals surface area contributed by atoms with Gasteiger partial charge in [0.25, 0.3) is 5.91 Å². The zero-order valence-corrected chi connectivity index (χ0v) is 16.2. The summed E-state index contributed by atoms with van der Waals surface area (Å²) < 4.78 is 10.2. The second kappa shape index (κ2) is 9.12. The predicted octanol–water partition coefficient (Wildman–Crippen LogP) is 3.23. The highest BCUT2D eigenvalue weighted by Crippen LogP contribution is 2.21. The van der Waals surface area contributed by atoms with Crippen LogP contribution < -0.4 is 15.0 Å². The van der Waals surface area contributed by atoms with Crippen LogP contribution in [0.3, 0.4) is 0 Å². The molecule has 1 fully saturated rings. The summed E-state index contributed by atoms with van der Waals surface area (Å²) in [5.41, 5.74) is 2.32. The van der Waals surface area contributed by atoms with Gasteiger partial charge in [0.05, 0.1) is 13.7 Å². The second-order valence-corrected chi connectivity index (χ2v) is 6.41. The van der Waals surface area contributed by atoms with Gasteiger partial charge in [0.2, 0.25) is 0 Å². The average molecular weight is 383 g/mol. The van der Waals surface area contributed by atoms with Gasteiger partial charge in [-0.3, -0.25) is 4.79 Å². The van der Waals surface area contributed by atoms with Gasteiger partial charge < -0.3 is 24.6 Å². The summed E-state index contributed by atoms with van der Waals surface area (Å²) in [4.78, 5) is 28.1. The SMILES string of the molecule is CCOC(=O)N1CCN(c2ccc(NC(=O)c3cccc(OC)c3)cc2)CC1. The molecule has 0 unspecified atom stereocenters. The lowest BCUT2D eigenvalue weighted by Crippen LogP contribution is -2.49. The quantitative estimate of drug-likeness (QED) is 0.858. The van der Waals surface area contributed by atoms with Crippen LogP contribution in [-0.4, -0.2) is 56.8 Å². The number of benzene rings is 2. The fraction of sp³-hybridized carbons (Fsp3) is 0.333. The number of methoxy groups -OCH3 is 1. The monoisotopic (exact) mass is 383 g/mol. The molecule has 1 heterocycles. The number of amides is 2. The van der Waals surface area contributed by atoms with E-state index in [0.29, 0.717) is 31.0 Å². The number of carbonyl (C=O) groups is 2. The molecule has 0 radical (unpaired) electrons. The molecule has 3 rings (SSSR count). The van der Waals surface area contributed by atoms with E-state index in [1.165, 1.54) is 0 Å². The van der Waals surface area contributed by atoms with Crippen LogP contribution in [0.1, 0.15) is 17.3 Å². The van der Waals surface area contributed by atoms with Crippen molar-refractivity contribution in [2.75, 3.05) is 50.1 Å². The van der Waals surface area contributed by atoms with E-state index in [0.717, 1.165) is 24.5 Å². The van der Waals surface area contributed by atoms with Gasteiger partial charge in [0, 0.05) is 43.1 Å². The molecule has 0 atom stereocenters. The molecular formula is C21H25N3O4. The summed E-state index contributed by atoms with van der Waals surface area (Å²) in [5, 5.41) is 2.89. The van der Waals surface area contributed by atoms with Crippen LogP contribution in [0, 0.1) is 0 Å². The molecule has 1 aliphatic heterocycles. The Balaban J connectivity index is 1.56. The second-order valence-electron chi connectivity index (χ2n) is 6.41. The van der Waals surface area contributed by atoms with Gasteiger partial charge in [-0.2, -0.15) is 0 Å². The molecule has 2 aromatic rings. The maximum absolute atomic E-state index is 12.4. The Morgan fingerprint density at radius 1 is 1.04 bits per heavy atom. The summed E-state index contributed by atoms with van der Waals surface area (Å²) in [6.45, 7) is 4.95. The molecule has 0 aromatic heterocycles. The van der Waals surface area contributed by atoms with Crippen LogP contribution in [0.4, 0.5) is 16.2 Å². The van der Waals surface area contributed by atoms with Gasteiger partial charge in [-0.1, -0.05) is 6.07 Å². The number of carbonyl (C=O) groups excluding carboxylic acids is 2. The Labute approximate surface area is 164 Å². The number of hydrogen-bond acceptors (Lipinski definition) is 5. The first-order chi connectivity index (χ1) is 13.6. The maximum atomic E-state index is 12.4. The van der Waals surface area contributed by atoms with E-state index in [1.54, 1.807) is 36.3 Å². The minimum atomic E-state index is -0.252. The van der Waals surface area contributed by atoms with E-state index in [1.807, 2.05) is 31.2 Å². The Kier molecular flexibility index (Phi) is 6.37. The number of piperazine rings is 1. The minimum Gasteiger partial charge on any atom is -0.497 e. The van der Waals surface area contributed by atoms with Crippen LogP contribution >= 0.6 is 0 Å². The van der Waals surface area contributed by atoms with Crippen LogP contribution in [0.15, 0.2) is 48.5 Å². The molecule has 0 saturated carbocycles. The third-order valence-corrected chi connectivity index (χ3v) is 4.63. The largest absolute Gasteiger partial charge is 0.497 e. The van der Waals surface area contributed by atoms with E-state index < -0.39 is 0 Å². The van der Waals surface area contributed by atoms with Gasteiger partial charge >= 0.3 is 6.09 Å². The van der Waals surface area contributed by atoms with Gasteiger partial charge in [-0.25, -0.2) is 4.79 Å². The van der Waals surface area contributed by atoms with Crippen molar-refractivity contribution in [2.45, 2.75) is 6.92 Å². The van der Waals surface area contributed by atoms with E-state index in [-0.39, 0.29) is 12.0 Å². The molecule has 0 bridgehead atoms. The predicted molar refractivity (Wildman–Crippen MR) is 108 cm³/mol. The highest BCUT2D eigenvalue weighted by atomic mass is 16.6. The molecule has 2 aromatic carbocycles. The highest BCUT2D eigenvalue weighted by Gasteiger charge is 2.22. The number of nitrogens with zero attached hydrogens (tertiary/aromatic N) is 2. The van der Waals surface area contributed by atoms with Crippen molar-refractivity contribution in [1.82, 2.24) is 4.90 Å². The maximum Gasteiger partial charge on any atom is 0.409 e. The standard InChI is InChI=1S/C21H25N3O4/c1-3-28-21(26)24-13-11-23(12-14-24)18-9-7-17(8-10-18)22-20(25)16-5-4-6-19(15-16)27-2/h4-10,15H,3,11-14H2,1-2H3,(H,22,25). The average Bonchev–Trinajstić information content (AvgIpc) is 2.74. The lowest BCUT2D eigenvalue weighted by atomic mass is 10.2. The van der Waals surface area contributed by atoms with Crippen molar-refractivity contribution in [3.05, 3.63) is 54.1 Å². The molecular weight excluding hydrogens is 358 g/mol. The Morgan fingerprint density at radius 2 is 1.75 bits per heavy atom. The van der Waals surface area contributed by atoms with Crippen molar-refractivity contribution in [3.8, 4) is 5.75 Å². The van der Waals surface area contributed by atoms with Crippen molar-refractivity contribution < 1.29 is 19.1 Å². The third kappa shape index (κ3) is 4.73. The van der Waals surface area contributed by atoms with E-state index >= 15 is 0 Å². The van der Waals surface area contributed by atoms with Gasteiger partial charge in [-0.15, -0.1) is 0 Å². The lowest BCUT2D eigenvalue weighted by Gasteiger charge is -2.35. The van der Waals surface area contributed by atoms with Crippen LogP contribution in [-0.2, 0) is 4.74 Å². The zero-order valence-electron chi connectivity index (χ0n) is 16.2. The highest BCUT2D eigenvalue weighted by molar-refractivity contribution is 6.04. The molecule has 0 spiro atoms. The molecule has 7 heteroatoms. The molecule has 1 N–H and O–H groups in total. The van der Waals surface area contributed by atoms with Gasteiger partial charge in [0.1, 0.15) is 5.75 Å². The zero-order chi connectivity index (χ0) is 19.9. The smallest absolute Gasteiger partial charge is 0.409 e. The van der Waals surface area contributed by atoms with E-state index in [2.05, 4.69) is 10.2 Å². The molecule has 1 saturated heterocycles. The topological polar surface area (TPSA) is 71.1 Å². The van der Waals surface area contributed by atoms with Crippen molar-refractivity contribution in [3.63, 3.8) is 0 Å². The summed E-state index contributed by atoms with van der Waals surface area (Å²) >= 11 is 0. The number of anilines is 2. The summed E-state index contributed by atoms with van der Waals surface area (Å²) in [6, 6.07) is 14.7. The number of ether oxygens (including phenoxy) is 2. The van der Waals surface area contributed by atoms with Crippen LogP contribution in [0.25, 0.3) is 0 Å². The van der Waals surface area contributed by atoms with E-state index in [9.17, 15) is 9.59 Å².